The first-order valence-corrected chi connectivity index (χ1v) is 7.91. The Morgan fingerprint density at radius 1 is 1.12 bits per heavy atom. The van der Waals surface area contributed by atoms with Crippen LogP contribution in [0.25, 0.3) is 11.5 Å². The van der Waals surface area contributed by atoms with E-state index >= 15 is 0 Å². The summed E-state index contributed by atoms with van der Waals surface area (Å²) in [7, 11) is 0. The summed E-state index contributed by atoms with van der Waals surface area (Å²) in [5.41, 5.74) is 0.162. The molecule has 1 aliphatic rings. The van der Waals surface area contributed by atoms with E-state index < -0.39 is 11.7 Å². The van der Waals surface area contributed by atoms with E-state index in [1.165, 1.54) is 12.3 Å². The Balaban J connectivity index is 1.52. The topological polar surface area (TPSA) is 67.1 Å². The van der Waals surface area contributed by atoms with Gasteiger partial charge in [-0.2, -0.15) is 13.2 Å². The molecule has 0 spiro atoms. The maximum atomic E-state index is 13.4. The molecule has 0 saturated carbocycles. The van der Waals surface area contributed by atoms with E-state index in [1.54, 1.807) is 18.5 Å². The first kappa shape index (κ1) is 16.4. The Kier molecular flexibility index (Phi) is 3.98. The van der Waals surface area contributed by atoms with Gasteiger partial charge in [-0.25, -0.2) is 0 Å². The van der Waals surface area contributed by atoms with Crippen molar-refractivity contribution in [1.29, 1.82) is 0 Å². The summed E-state index contributed by atoms with van der Waals surface area (Å²) in [4.78, 5) is 5.99. The Hall–Kier alpha value is -3.10. The molecule has 0 unspecified atom stereocenters. The number of alkyl halides is 3. The number of aromatic nitrogens is 3. The van der Waals surface area contributed by atoms with Crippen molar-refractivity contribution in [3.63, 3.8) is 0 Å². The monoisotopic (exact) mass is 361 g/mol. The normalized spacial score (nSPS) is 15.0. The maximum absolute atomic E-state index is 13.4. The fourth-order valence-corrected chi connectivity index (χ4v) is 2.79. The Labute approximate surface area is 146 Å². The van der Waals surface area contributed by atoms with Gasteiger partial charge in [0.15, 0.2) is 11.6 Å². The summed E-state index contributed by atoms with van der Waals surface area (Å²) >= 11 is 0. The van der Waals surface area contributed by atoms with E-state index in [0.29, 0.717) is 13.1 Å². The Morgan fingerprint density at radius 2 is 1.88 bits per heavy atom. The van der Waals surface area contributed by atoms with E-state index in [4.69, 9.17) is 4.42 Å². The number of rotatable bonds is 4. The molecule has 1 aliphatic heterocycles. The molecule has 3 aromatic heterocycles. The molecule has 134 valence electrons. The maximum Gasteiger partial charge on any atom is 0.420 e. The summed E-state index contributed by atoms with van der Waals surface area (Å²) in [6.07, 6.45) is 0.181. The van der Waals surface area contributed by atoms with Gasteiger partial charge in [-0.15, -0.1) is 10.2 Å². The minimum atomic E-state index is -4.55. The van der Waals surface area contributed by atoms with Crippen molar-refractivity contribution in [2.75, 3.05) is 23.3 Å². The molecular weight excluding hydrogens is 347 g/mol. The number of furan rings is 1. The molecule has 26 heavy (non-hydrogen) atoms. The van der Waals surface area contributed by atoms with Gasteiger partial charge in [0.1, 0.15) is 11.3 Å². The van der Waals surface area contributed by atoms with E-state index in [1.807, 2.05) is 17.0 Å². The lowest BCUT2D eigenvalue weighted by Gasteiger charge is -2.41. The number of anilines is 2. The van der Waals surface area contributed by atoms with Crippen LogP contribution < -0.4 is 10.2 Å². The van der Waals surface area contributed by atoms with Crippen LogP contribution in [0.15, 0.2) is 53.4 Å². The molecular formula is C17H14F3N5O. The van der Waals surface area contributed by atoms with Gasteiger partial charge in [0.25, 0.3) is 0 Å². The third-order valence-corrected chi connectivity index (χ3v) is 4.12. The first-order chi connectivity index (χ1) is 12.5. The smallest absolute Gasteiger partial charge is 0.420 e. The van der Waals surface area contributed by atoms with Gasteiger partial charge in [-0.1, -0.05) is 0 Å². The molecule has 0 aliphatic carbocycles. The Bertz CT molecular complexity index is 877. The van der Waals surface area contributed by atoms with Crippen LogP contribution in [0.2, 0.25) is 0 Å². The first-order valence-electron chi connectivity index (χ1n) is 7.91. The molecule has 4 heterocycles. The number of nitrogens with one attached hydrogen (secondary N) is 1. The van der Waals surface area contributed by atoms with Crippen LogP contribution in [-0.2, 0) is 6.18 Å². The fourth-order valence-electron chi connectivity index (χ4n) is 2.79. The standard InChI is InChI=1S/C17H14F3N5O/c18-17(19,20)13-8-14(15-2-1-7-26-15)23-24-16(13)22-11-9-25(10-11)12-3-5-21-6-4-12/h1-8,11H,9-10H2,(H,22,24). The molecule has 9 heteroatoms. The number of nitrogens with zero attached hydrogens (tertiary/aromatic N) is 4. The number of hydrogen-bond acceptors (Lipinski definition) is 6. The SMILES string of the molecule is FC(F)(F)c1cc(-c2ccco2)nnc1NC1CN(c2ccncc2)C1. The fraction of sp³-hybridized carbons (Fsp3) is 0.235. The van der Waals surface area contributed by atoms with Crippen LogP contribution >= 0.6 is 0 Å². The third kappa shape index (κ3) is 3.19. The molecule has 6 nitrogen and oxygen atoms in total. The van der Waals surface area contributed by atoms with E-state index in [2.05, 4.69) is 20.5 Å². The molecule has 1 N–H and O–H groups in total. The molecule has 0 radical (unpaired) electrons. The highest BCUT2D eigenvalue weighted by molar-refractivity contribution is 5.58. The van der Waals surface area contributed by atoms with Gasteiger partial charge in [-0.05, 0) is 30.3 Å². The van der Waals surface area contributed by atoms with Crippen molar-refractivity contribution in [3.8, 4) is 11.5 Å². The van der Waals surface area contributed by atoms with E-state index in [0.717, 1.165) is 11.8 Å². The van der Waals surface area contributed by atoms with Crippen molar-refractivity contribution >= 4 is 11.5 Å². The van der Waals surface area contributed by atoms with Crippen molar-refractivity contribution in [3.05, 3.63) is 54.6 Å². The van der Waals surface area contributed by atoms with Gasteiger partial charge >= 0.3 is 6.18 Å². The minimum Gasteiger partial charge on any atom is -0.463 e. The van der Waals surface area contributed by atoms with Crippen LogP contribution in [0.5, 0.6) is 0 Å². The summed E-state index contributed by atoms with van der Waals surface area (Å²) in [6, 6.07) is 7.64. The molecule has 0 bridgehead atoms. The van der Waals surface area contributed by atoms with Crippen LogP contribution in [0.1, 0.15) is 5.56 Å². The molecule has 0 aromatic carbocycles. The lowest BCUT2D eigenvalue weighted by molar-refractivity contribution is -0.137. The average molecular weight is 361 g/mol. The van der Waals surface area contributed by atoms with Crippen molar-refractivity contribution in [1.82, 2.24) is 15.2 Å². The molecule has 1 saturated heterocycles. The van der Waals surface area contributed by atoms with Gasteiger partial charge < -0.3 is 14.6 Å². The summed E-state index contributed by atoms with van der Waals surface area (Å²) in [5, 5.41) is 10.5. The largest absolute Gasteiger partial charge is 0.463 e. The predicted molar refractivity (Wildman–Crippen MR) is 88.6 cm³/mol. The van der Waals surface area contributed by atoms with E-state index in [9.17, 15) is 13.2 Å². The third-order valence-electron chi connectivity index (χ3n) is 4.12. The van der Waals surface area contributed by atoms with Gasteiger partial charge in [0.2, 0.25) is 0 Å². The molecule has 1 fully saturated rings. The van der Waals surface area contributed by atoms with Crippen LogP contribution in [-0.4, -0.2) is 34.3 Å². The summed E-state index contributed by atoms with van der Waals surface area (Å²) in [5.74, 6) is -0.0331. The van der Waals surface area contributed by atoms with Crippen molar-refractivity contribution in [2.24, 2.45) is 0 Å². The number of halogens is 3. The van der Waals surface area contributed by atoms with Crippen LogP contribution in [0.4, 0.5) is 24.7 Å². The highest BCUT2D eigenvalue weighted by Gasteiger charge is 2.37. The Morgan fingerprint density at radius 3 is 2.54 bits per heavy atom. The molecule has 3 aromatic rings. The quantitative estimate of drug-likeness (QED) is 0.768. The zero-order valence-electron chi connectivity index (χ0n) is 13.4. The van der Waals surface area contributed by atoms with Gasteiger partial charge in [0, 0.05) is 31.2 Å². The van der Waals surface area contributed by atoms with Crippen LogP contribution in [0.3, 0.4) is 0 Å². The lowest BCUT2D eigenvalue weighted by Crippen LogP contribution is -2.55. The van der Waals surface area contributed by atoms with Gasteiger partial charge in [-0.3, -0.25) is 4.98 Å². The van der Waals surface area contributed by atoms with E-state index in [-0.39, 0.29) is 23.3 Å². The minimum absolute atomic E-state index is 0.0416. The average Bonchev–Trinajstić information content (AvgIpc) is 3.12. The second kappa shape index (κ2) is 6.32. The zero-order valence-corrected chi connectivity index (χ0v) is 13.4. The highest BCUT2D eigenvalue weighted by atomic mass is 19.4. The molecule has 4 rings (SSSR count). The number of pyridine rings is 1. The summed E-state index contributed by atoms with van der Waals surface area (Å²) in [6.45, 7) is 1.14. The summed E-state index contributed by atoms with van der Waals surface area (Å²) < 4.78 is 45.4. The highest BCUT2D eigenvalue weighted by Crippen LogP contribution is 2.36. The van der Waals surface area contributed by atoms with Gasteiger partial charge in [0.05, 0.1) is 12.3 Å². The molecule has 0 amide bonds. The lowest BCUT2D eigenvalue weighted by atomic mass is 10.1. The van der Waals surface area contributed by atoms with Crippen LogP contribution in [0, 0.1) is 0 Å². The van der Waals surface area contributed by atoms with Crippen molar-refractivity contribution < 1.29 is 17.6 Å². The zero-order chi connectivity index (χ0) is 18.1. The second-order valence-corrected chi connectivity index (χ2v) is 5.92. The van der Waals surface area contributed by atoms with Crippen molar-refractivity contribution in [2.45, 2.75) is 12.2 Å². The second-order valence-electron chi connectivity index (χ2n) is 5.92. The molecule has 0 atom stereocenters. The predicted octanol–water partition coefficient (Wildman–Crippen LogP) is 3.45. The number of hydrogen-bond donors (Lipinski definition) is 1.